The lowest BCUT2D eigenvalue weighted by molar-refractivity contribution is 0.798. The number of rotatable bonds is 1. The van der Waals surface area contributed by atoms with Crippen LogP contribution in [0, 0.1) is 4.77 Å². The van der Waals surface area contributed by atoms with Crippen LogP contribution in [0.1, 0.15) is 0 Å². The summed E-state index contributed by atoms with van der Waals surface area (Å²) in [6.45, 7) is 0. The van der Waals surface area contributed by atoms with Crippen LogP contribution in [0.4, 0.5) is 0 Å². The minimum absolute atomic E-state index is 0.435. The zero-order valence-corrected chi connectivity index (χ0v) is 9.38. The average Bonchev–Trinajstić information content (AvgIpc) is 2.84. The van der Waals surface area contributed by atoms with Crippen molar-refractivity contribution in [3.05, 3.63) is 29.0 Å². The van der Waals surface area contributed by atoms with Crippen LogP contribution >= 0.6 is 12.2 Å². The van der Waals surface area contributed by atoms with Crippen LogP contribution in [0.3, 0.4) is 0 Å². The molecule has 2 N–H and O–H groups in total. The predicted molar refractivity (Wildman–Crippen MR) is 63.5 cm³/mol. The van der Waals surface area contributed by atoms with E-state index in [0.29, 0.717) is 10.6 Å². The lowest BCUT2D eigenvalue weighted by Gasteiger charge is -1.90. The molecule has 0 saturated heterocycles. The van der Waals surface area contributed by atoms with Gasteiger partial charge in [0.15, 0.2) is 5.82 Å². The molecule has 0 radical (unpaired) electrons. The summed E-state index contributed by atoms with van der Waals surface area (Å²) in [7, 11) is 1.91. The normalized spacial score (nSPS) is 11.1. The van der Waals surface area contributed by atoms with E-state index in [1.165, 1.54) is 0 Å². The first-order chi connectivity index (χ1) is 7.75. The van der Waals surface area contributed by atoms with Gasteiger partial charge in [0.25, 0.3) is 0 Å². The van der Waals surface area contributed by atoms with Gasteiger partial charge in [0, 0.05) is 12.4 Å². The Morgan fingerprint density at radius 3 is 2.81 bits per heavy atom. The molecule has 3 rings (SSSR count). The number of aromatic amines is 2. The van der Waals surface area contributed by atoms with Gasteiger partial charge in [0.2, 0.25) is 4.77 Å². The summed E-state index contributed by atoms with van der Waals surface area (Å²) in [6, 6.07) is 8.01. The summed E-state index contributed by atoms with van der Waals surface area (Å²) < 4.78 is 2.26. The van der Waals surface area contributed by atoms with Crippen LogP contribution in [-0.2, 0) is 7.05 Å². The second-order valence-corrected chi connectivity index (χ2v) is 3.89. The van der Waals surface area contributed by atoms with Crippen molar-refractivity contribution in [1.82, 2.24) is 25.0 Å². The second-order valence-electron chi connectivity index (χ2n) is 3.50. The standard InChI is InChI=1S/C10H9N5S/c1-15-7-5-3-2-4-6(7)8(14-15)9-11-10(16)13-12-9/h2-5H,1H3,(H2,11,12,13,16). The Labute approximate surface area is 96.1 Å². The number of aromatic nitrogens is 5. The molecule has 0 saturated carbocycles. The topological polar surface area (TPSA) is 62.3 Å². The van der Waals surface area contributed by atoms with Crippen molar-refractivity contribution in [3.8, 4) is 11.5 Å². The number of benzene rings is 1. The minimum Gasteiger partial charge on any atom is -0.280 e. The first-order valence-corrected chi connectivity index (χ1v) is 5.23. The molecule has 3 aromatic rings. The van der Waals surface area contributed by atoms with Gasteiger partial charge in [-0.1, -0.05) is 18.2 Å². The molecule has 0 aliphatic carbocycles. The van der Waals surface area contributed by atoms with E-state index in [0.717, 1.165) is 16.6 Å². The fraction of sp³-hybridized carbons (Fsp3) is 0.100. The van der Waals surface area contributed by atoms with Gasteiger partial charge in [0.05, 0.1) is 5.52 Å². The van der Waals surface area contributed by atoms with Crippen LogP contribution in [0.25, 0.3) is 22.4 Å². The number of hydrogen-bond donors (Lipinski definition) is 2. The number of para-hydroxylation sites is 1. The SMILES string of the molecule is Cn1nc(-c2nc(=S)[nH][nH]2)c2ccccc21. The summed E-state index contributed by atoms with van der Waals surface area (Å²) in [5, 5.41) is 11.2. The number of nitrogens with one attached hydrogen (secondary N) is 2. The number of fused-ring (bicyclic) bond motifs is 1. The van der Waals surface area contributed by atoms with E-state index in [1.807, 2.05) is 36.0 Å². The Morgan fingerprint density at radius 1 is 1.25 bits per heavy atom. The van der Waals surface area contributed by atoms with E-state index in [-0.39, 0.29) is 0 Å². The number of hydrogen-bond acceptors (Lipinski definition) is 3. The van der Waals surface area contributed by atoms with Crippen molar-refractivity contribution < 1.29 is 0 Å². The molecule has 1 aromatic carbocycles. The number of H-pyrrole nitrogens is 2. The molecule has 80 valence electrons. The molecule has 16 heavy (non-hydrogen) atoms. The van der Waals surface area contributed by atoms with E-state index >= 15 is 0 Å². The molecule has 0 spiro atoms. The van der Waals surface area contributed by atoms with Crippen molar-refractivity contribution in [2.24, 2.45) is 7.05 Å². The fourth-order valence-electron chi connectivity index (χ4n) is 1.77. The molecule has 0 atom stereocenters. The van der Waals surface area contributed by atoms with Crippen molar-refractivity contribution in [2.75, 3.05) is 0 Å². The monoisotopic (exact) mass is 231 g/mol. The van der Waals surface area contributed by atoms with Gasteiger partial charge in [-0.3, -0.25) is 14.9 Å². The van der Waals surface area contributed by atoms with Crippen LogP contribution in [0.2, 0.25) is 0 Å². The van der Waals surface area contributed by atoms with E-state index in [9.17, 15) is 0 Å². The molecule has 2 aromatic heterocycles. The van der Waals surface area contributed by atoms with Gasteiger partial charge in [0.1, 0.15) is 5.69 Å². The van der Waals surface area contributed by atoms with Gasteiger partial charge in [-0.25, -0.2) is 0 Å². The highest BCUT2D eigenvalue weighted by Crippen LogP contribution is 2.24. The summed E-state index contributed by atoms with van der Waals surface area (Å²) in [4.78, 5) is 4.17. The van der Waals surface area contributed by atoms with E-state index in [4.69, 9.17) is 12.2 Å². The summed E-state index contributed by atoms with van der Waals surface area (Å²) in [5.41, 5.74) is 1.88. The molecule has 0 bridgehead atoms. The first-order valence-electron chi connectivity index (χ1n) is 4.82. The first kappa shape index (κ1) is 9.29. The van der Waals surface area contributed by atoms with Crippen LogP contribution in [-0.4, -0.2) is 25.0 Å². The van der Waals surface area contributed by atoms with Crippen LogP contribution in [0.15, 0.2) is 24.3 Å². The molecule has 5 nitrogen and oxygen atoms in total. The fourth-order valence-corrected chi connectivity index (χ4v) is 1.91. The molecule has 2 heterocycles. The predicted octanol–water partition coefficient (Wildman–Crippen LogP) is 2.02. The molecule has 0 unspecified atom stereocenters. The van der Waals surface area contributed by atoms with Gasteiger partial charge in [-0.2, -0.15) is 10.1 Å². The molecule has 0 amide bonds. The Hall–Kier alpha value is -1.95. The molecule has 6 heteroatoms. The lowest BCUT2D eigenvalue weighted by atomic mass is 10.2. The van der Waals surface area contributed by atoms with Gasteiger partial charge >= 0.3 is 0 Å². The Kier molecular flexibility index (Phi) is 1.90. The highest BCUT2D eigenvalue weighted by Gasteiger charge is 2.11. The highest BCUT2D eigenvalue weighted by molar-refractivity contribution is 7.71. The third-order valence-electron chi connectivity index (χ3n) is 2.48. The minimum atomic E-state index is 0.435. The molecule has 0 aliphatic rings. The van der Waals surface area contributed by atoms with Crippen molar-refractivity contribution >= 4 is 23.1 Å². The Morgan fingerprint density at radius 2 is 2.06 bits per heavy atom. The van der Waals surface area contributed by atoms with Crippen LogP contribution < -0.4 is 0 Å². The van der Waals surface area contributed by atoms with E-state index in [2.05, 4.69) is 20.3 Å². The quantitative estimate of drug-likeness (QED) is 0.630. The lowest BCUT2D eigenvalue weighted by Crippen LogP contribution is -1.90. The smallest absolute Gasteiger partial charge is 0.213 e. The maximum atomic E-state index is 4.93. The zero-order valence-electron chi connectivity index (χ0n) is 8.56. The highest BCUT2D eigenvalue weighted by atomic mass is 32.1. The second kappa shape index (κ2) is 3.28. The van der Waals surface area contributed by atoms with Gasteiger partial charge in [-0.05, 0) is 18.3 Å². The maximum Gasteiger partial charge on any atom is 0.213 e. The van der Waals surface area contributed by atoms with Crippen LogP contribution in [0.5, 0.6) is 0 Å². The van der Waals surface area contributed by atoms with Crippen molar-refractivity contribution in [2.45, 2.75) is 0 Å². The molecule has 0 aliphatic heterocycles. The number of nitrogens with zero attached hydrogens (tertiary/aromatic N) is 3. The third kappa shape index (κ3) is 1.27. The molecular weight excluding hydrogens is 222 g/mol. The Bertz CT molecular complexity index is 705. The van der Waals surface area contributed by atoms with E-state index < -0.39 is 0 Å². The number of aryl methyl sites for hydroxylation is 1. The van der Waals surface area contributed by atoms with Crippen molar-refractivity contribution in [1.29, 1.82) is 0 Å². The van der Waals surface area contributed by atoms with Gasteiger partial charge in [-0.15, -0.1) is 0 Å². The maximum absolute atomic E-state index is 4.93. The zero-order chi connectivity index (χ0) is 11.1. The Balaban J connectivity index is 2.36. The van der Waals surface area contributed by atoms with Crippen molar-refractivity contribution in [3.63, 3.8) is 0 Å². The average molecular weight is 231 g/mol. The van der Waals surface area contributed by atoms with E-state index in [1.54, 1.807) is 0 Å². The molecule has 0 fully saturated rings. The summed E-state index contributed by atoms with van der Waals surface area (Å²) in [5.74, 6) is 0.668. The third-order valence-corrected chi connectivity index (χ3v) is 2.68. The molecular formula is C10H9N5S. The summed E-state index contributed by atoms with van der Waals surface area (Å²) in [6.07, 6.45) is 0. The largest absolute Gasteiger partial charge is 0.280 e. The van der Waals surface area contributed by atoms with Gasteiger partial charge < -0.3 is 0 Å². The summed E-state index contributed by atoms with van der Waals surface area (Å²) >= 11 is 4.93.